The Morgan fingerprint density at radius 1 is 1.00 bits per heavy atom. The van der Waals surface area contributed by atoms with Crippen LogP contribution < -0.4 is 20.7 Å². The number of carbonyl (C=O) groups is 3. The highest BCUT2D eigenvalue weighted by molar-refractivity contribution is 6.33. The van der Waals surface area contributed by atoms with Crippen LogP contribution >= 0.6 is 11.6 Å². The van der Waals surface area contributed by atoms with E-state index in [9.17, 15) is 32.3 Å². The third-order valence-electron chi connectivity index (χ3n) is 9.52. The molecule has 3 aromatic rings. The Kier molecular flexibility index (Phi) is 9.29. The predicted molar refractivity (Wildman–Crippen MR) is 180 cm³/mol. The van der Waals surface area contributed by atoms with Gasteiger partial charge in [0.15, 0.2) is 0 Å². The van der Waals surface area contributed by atoms with Gasteiger partial charge in [-0.05, 0) is 63.6 Å². The minimum absolute atomic E-state index is 0.00264. The van der Waals surface area contributed by atoms with Gasteiger partial charge in [0.25, 0.3) is 5.56 Å². The number of aromatic nitrogens is 4. The second-order valence-electron chi connectivity index (χ2n) is 14.2. The van der Waals surface area contributed by atoms with Crippen LogP contribution in [0.15, 0.2) is 23.0 Å². The van der Waals surface area contributed by atoms with Gasteiger partial charge in [0, 0.05) is 52.1 Å². The third-order valence-corrected chi connectivity index (χ3v) is 9.83. The van der Waals surface area contributed by atoms with Crippen molar-refractivity contribution in [3.8, 4) is 0 Å². The second-order valence-corrected chi connectivity index (χ2v) is 14.6. The van der Waals surface area contributed by atoms with E-state index in [2.05, 4.69) is 10.4 Å². The van der Waals surface area contributed by atoms with Gasteiger partial charge in [-0.15, -0.1) is 5.10 Å². The molecule has 2 aliphatic heterocycles. The minimum Gasteiger partial charge on any atom is -0.444 e. The van der Waals surface area contributed by atoms with E-state index in [1.54, 1.807) is 30.2 Å². The Balaban J connectivity index is 1.33. The van der Waals surface area contributed by atoms with E-state index in [1.165, 1.54) is 4.52 Å². The zero-order valence-electron chi connectivity index (χ0n) is 28.4. The molecule has 1 N–H and O–H groups in total. The molecule has 3 aliphatic rings. The highest BCUT2D eigenvalue weighted by Gasteiger charge is 2.45. The first-order chi connectivity index (χ1) is 23.5. The summed E-state index contributed by atoms with van der Waals surface area (Å²) < 4.78 is 47.9. The Labute approximate surface area is 291 Å². The van der Waals surface area contributed by atoms with E-state index >= 15 is 0 Å². The molecular weight excluding hydrogens is 681 g/mol. The number of fused-ring (bicyclic) bond motifs is 1. The molecule has 1 spiro atoms. The van der Waals surface area contributed by atoms with Crippen LogP contribution in [0.25, 0.3) is 5.78 Å². The number of nitrogens with one attached hydrogen (secondary N) is 1. The molecule has 270 valence electrons. The summed E-state index contributed by atoms with van der Waals surface area (Å²) in [6.45, 7) is 9.28. The number of halogens is 4. The van der Waals surface area contributed by atoms with Crippen LogP contribution in [0, 0.1) is 5.41 Å². The Hall–Kier alpha value is -4.34. The van der Waals surface area contributed by atoms with Crippen LogP contribution in [0.3, 0.4) is 0 Å². The number of piperidine rings is 1. The molecule has 2 aromatic heterocycles. The molecule has 1 aromatic carbocycles. The van der Waals surface area contributed by atoms with Crippen molar-refractivity contribution in [3.63, 3.8) is 0 Å². The normalized spacial score (nSPS) is 18.1. The first-order valence-corrected chi connectivity index (χ1v) is 17.0. The molecule has 6 rings (SSSR count). The van der Waals surface area contributed by atoms with Gasteiger partial charge < -0.3 is 29.3 Å². The van der Waals surface area contributed by atoms with E-state index < -0.39 is 34.9 Å². The molecule has 0 bridgehead atoms. The van der Waals surface area contributed by atoms with E-state index in [0.717, 1.165) is 31.0 Å². The average molecular weight is 721 g/mol. The molecule has 3 fully saturated rings. The summed E-state index contributed by atoms with van der Waals surface area (Å²) in [4.78, 5) is 62.4. The summed E-state index contributed by atoms with van der Waals surface area (Å²) in [7, 11) is 0. The first-order valence-electron chi connectivity index (χ1n) is 16.7. The molecule has 0 unspecified atom stereocenters. The van der Waals surface area contributed by atoms with Crippen LogP contribution in [-0.2, 0) is 33.5 Å². The topological polar surface area (TPSA) is 134 Å². The average Bonchev–Trinajstić information content (AvgIpc) is 3.48. The van der Waals surface area contributed by atoms with Crippen molar-refractivity contribution in [1.29, 1.82) is 0 Å². The predicted octanol–water partition coefficient (Wildman–Crippen LogP) is 4.77. The van der Waals surface area contributed by atoms with E-state index in [-0.39, 0.29) is 34.2 Å². The summed E-state index contributed by atoms with van der Waals surface area (Å²) in [5.41, 5.74) is -1.21. The zero-order chi connectivity index (χ0) is 36.2. The highest BCUT2D eigenvalue weighted by atomic mass is 35.5. The number of hydrogen-bond acceptors (Lipinski definition) is 9. The SMILES string of the molecule is CCc1c(N2CCN(C(=O)OC(C)(C)C)CC2)c(=O)n2nc(N3CCC4(CC3)CC(=O)C4)nc2n1CC(=O)Nc1ccc(C(F)(F)F)cc1Cl. The van der Waals surface area contributed by atoms with Gasteiger partial charge in [0.2, 0.25) is 17.6 Å². The molecule has 1 aliphatic carbocycles. The van der Waals surface area contributed by atoms with E-state index in [1.807, 2.05) is 16.7 Å². The number of alkyl halides is 3. The van der Waals surface area contributed by atoms with E-state index in [4.69, 9.17) is 21.3 Å². The number of carbonyl (C=O) groups excluding carboxylic acids is 3. The lowest BCUT2D eigenvalue weighted by molar-refractivity contribution is -0.137. The quantitative estimate of drug-likeness (QED) is 0.382. The summed E-state index contributed by atoms with van der Waals surface area (Å²) >= 11 is 6.13. The second kappa shape index (κ2) is 13.1. The van der Waals surface area contributed by atoms with Crippen molar-refractivity contribution in [2.24, 2.45) is 5.41 Å². The minimum atomic E-state index is -4.60. The van der Waals surface area contributed by atoms with Crippen molar-refractivity contribution in [2.75, 3.05) is 54.4 Å². The summed E-state index contributed by atoms with van der Waals surface area (Å²) in [5.74, 6) is 0.109. The maximum absolute atomic E-state index is 14.2. The van der Waals surface area contributed by atoms with Crippen molar-refractivity contribution >= 4 is 52.5 Å². The number of ketones is 1. The van der Waals surface area contributed by atoms with Crippen LogP contribution in [0.2, 0.25) is 5.02 Å². The van der Waals surface area contributed by atoms with Crippen LogP contribution in [0.5, 0.6) is 0 Å². The molecule has 4 heterocycles. The van der Waals surface area contributed by atoms with Gasteiger partial charge in [0.1, 0.15) is 23.6 Å². The number of Topliss-reactive ketones (excluding diaryl/α,β-unsaturated/α-hetero) is 1. The molecule has 17 heteroatoms. The zero-order valence-corrected chi connectivity index (χ0v) is 29.2. The fourth-order valence-electron chi connectivity index (χ4n) is 6.94. The number of hydrogen-bond donors (Lipinski definition) is 1. The van der Waals surface area contributed by atoms with Gasteiger partial charge in [-0.25, -0.2) is 4.79 Å². The van der Waals surface area contributed by atoms with Crippen LogP contribution in [-0.4, -0.2) is 86.7 Å². The molecule has 1 saturated carbocycles. The number of amides is 2. The number of piperazine rings is 1. The molecule has 0 atom stereocenters. The van der Waals surface area contributed by atoms with Crippen molar-refractivity contribution < 1.29 is 32.3 Å². The standard InChI is InChI=1S/C33H40ClF3N8O5/c1-5-24-26(41-12-14-43(15-13-41)30(49)50-31(2,3)4)27(48)45-29(39-28(40-45)42-10-8-32(9-11-42)17-21(46)18-32)44(24)19-25(47)38-23-7-6-20(16-22(23)34)33(35,36)37/h6-7,16H,5,8-15,17-19H2,1-4H3,(H,38,47). The molecular formula is C33H40ClF3N8O5. The summed E-state index contributed by atoms with van der Waals surface area (Å²) in [6, 6.07) is 2.67. The fourth-order valence-corrected chi connectivity index (χ4v) is 7.17. The van der Waals surface area contributed by atoms with Gasteiger partial charge in [0.05, 0.1) is 22.0 Å². The number of nitrogens with zero attached hydrogens (tertiary/aromatic N) is 7. The molecule has 2 amide bonds. The smallest absolute Gasteiger partial charge is 0.416 e. The van der Waals surface area contributed by atoms with Crippen molar-refractivity contribution in [1.82, 2.24) is 24.1 Å². The maximum Gasteiger partial charge on any atom is 0.416 e. The third kappa shape index (κ3) is 7.12. The lowest BCUT2D eigenvalue weighted by atomic mass is 9.62. The number of anilines is 3. The Morgan fingerprint density at radius 3 is 2.22 bits per heavy atom. The fraction of sp³-hybridized carbons (Fsp3) is 0.576. The Morgan fingerprint density at radius 2 is 1.66 bits per heavy atom. The van der Waals surface area contributed by atoms with Crippen LogP contribution in [0.4, 0.5) is 35.3 Å². The molecule has 50 heavy (non-hydrogen) atoms. The first kappa shape index (κ1) is 35.5. The molecule has 2 saturated heterocycles. The van der Waals surface area contributed by atoms with Crippen molar-refractivity contribution in [3.05, 3.63) is 44.8 Å². The Bertz CT molecular complexity index is 1880. The van der Waals surface area contributed by atoms with Gasteiger partial charge in [-0.1, -0.05) is 18.5 Å². The molecule has 13 nitrogen and oxygen atoms in total. The van der Waals surface area contributed by atoms with Crippen molar-refractivity contribution in [2.45, 2.75) is 78.1 Å². The number of benzene rings is 1. The van der Waals surface area contributed by atoms with E-state index in [0.29, 0.717) is 75.9 Å². The summed E-state index contributed by atoms with van der Waals surface area (Å²) in [5, 5.41) is 6.93. The monoisotopic (exact) mass is 720 g/mol. The van der Waals surface area contributed by atoms with Crippen LogP contribution in [0.1, 0.15) is 64.6 Å². The summed E-state index contributed by atoms with van der Waals surface area (Å²) in [6.07, 6.45) is -1.99. The number of ether oxygens (including phenoxy) is 1. The highest BCUT2D eigenvalue weighted by Crippen LogP contribution is 2.47. The van der Waals surface area contributed by atoms with Gasteiger partial charge >= 0.3 is 12.3 Å². The lowest BCUT2D eigenvalue weighted by Gasteiger charge is -2.46. The van der Waals surface area contributed by atoms with Gasteiger partial charge in [-0.2, -0.15) is 22.7 Å². The largest absolute Gasteiger partial charge is 0.444 e. The maximum atomic E-state index is 14.2. The number of rotatable bonds is 6. The lowest BCUT2D eigenvalue weighted by Crippen LogP contribution is -2.51. The van der Waals surface area contributed by atoms with Gasteiger partial charge in [-0.3, -0.25) is 14.4 Å². The molecule has 0 radical (unpaired) electrons.